The quantitative estimate of drug-likeness (QED) is 0.539. The molecule has 0 fully saturated rings. The van der Waals surface area contributed by atoms with Crippen molar-refractivity contribution in [3.63, 3.8) is 0 Å². The van der Waals surface area contributed by atoms with Crippen LogP contribution in [0.3, 0.4) is 0 Å². The van der Waals surface area contributed by atoms with Crippen LogP contribution in [-0.4, -0.2) is 44.5 Å². The van der Waals surface area contributed by atoms with Gasteiger partial charge in [-0.05, 0) is 18.6 Å². The van der Waals surface area contributed by atoms with Crippen molar-refractivity contribution in [1.29, 1.82) is 0 Å². The Balaban J connectivity index is 2.15. The summed E-state index contributed by atoms with van der Waals surface area (Å²) in [4.78, 5) is 11.8. The van der Waals surface area contributed by atoms with Crippen LogP contribution >= 0.6 is 0 Å². The van der Waals surface area contributed by atoms with Crippen LogP contribution in [0.15, 0.2) is 48.8 Å². The van der Waals surface area contributed by atoms with E-state index in [4.69, 9.17) is 5.73 Å². The highest BCUT2D eigenvalue weighted by molar-refractivity contribution is 6.02. The van der Waals surface area contributed by atoms with E-state index in [2.05, 4.69) is 10.4 Å². The molecule has 2 heterocycles. The predicted octanol–water partition coefficient (Wildman–Crippen LogP) is 1.25. The Bertz CT molecular complexity index is 890. The van der Waals surface area contributed by atoms with Gasteiger partial charge in [-0.15, -0.1) is 0 Å². The van der Waals surface area contributed by atoms with Crippen molar-refractivity contribution in [2.45, 2.75) is 19.1 Å². The van der Waals surface area contributed by atoms with Gasteiger partial charge >= 0.3 is 0 Å². The minimum Gasteiger partial charge on any atom is -0.394 e. The number of primary amides is 1. The van der Waals surface area contributed by atoms with Crippen LogP contribution in [0.25, 0.3) is 16.6 Å². The topological polar surface area (TPSA) is 113 Å². The number of carbonyl (C=O) groups is 1. The van der Waals surface area contributed by atoms with Crippen molar-refractivity contribution in [3.8, 4) is 11.1 Å². The van der Waals surface area contributed by atoms with Crippen molar-refractivity contribution < 1.29 is 15.0 Å². The highest BCUT2D eigenvalue weighted by Crippen LogP contribution is 2.29. The van der Waals surface area contributed by atoms with E-state index in [1.807, 2.05) is 42.6 Å². The highest BCUT2D eigenvalue weighted by atomic mass is 16.3. The number of benzene rings is 1. The van der Waals surface area contributed by atoms with Gasteiger partial charge in [0, 0.05) is 11.8 Å². The van der Waals surface area contributed by atoms with E-state index in [9.17, 15) is 15.0 Å². The number of aromatic nitrogens is 2. The number of carbonyl (C=O) groups excluding carboxylic acids is 1. The van der Waals surface area contributed by atoms with Gasteiger partial charge in [0.1, 0.15) is 0 Å². The Morgan fingerprint density at radius 3 is 2.64 bits per heavy atom. The zero-order chi connectivity index (χ0) is 18.0. The molecular formula is C18H20N4O3. The predicted molar refractivity (Wildman–Crippen MR) is 95.3 cm³/mol. The largest absolute Gasteiger partial charge is 0.394 e. The van der Waals surface area contributed by atoms with E-state index >= 15 is 0 Å². The molecule has 1 amide bonds. The number of amides is 1. The number of nitrogens with zero attached hydrogens (tertiary/aromatic N) is 2. The number of aliphatic hydroxyl groups excluding tert-OH is 2. The van der Waals surface area contributed by atoms with Gasteiger partial charge < -0.3 is 21.3 Å². The molecule has 2 aromatic heterocycles. The Morgan fingerprint density at radius 1 is 1.32 bits per heavy atom. The summed E-state index contributed by atoms with van der Waals surface area (Å²) in [6, 6.07) is 11.0. The Labute approximate surface area is 144 Å². The third kappa shape index (κ3) is 3.33. The highest BCUT2D eigenvalue weighted by Gasteiger charge is 2.20. The van der Waals surface area contributed by atoms with Gasteiger partial charge in [-0.2, -0.15) is 5.10 Å². The summed E-state index contributed by atoms with van der Waals surface area (Å²) >= 11 is 0. The number of hydrogen-bond acceptors (Lipinski definition) is 5. The second-order valence-electron chi connectivity index (χ2n) is 5.90. The van der Waals surface area contributed by atoms with Gasteiger partial charge in [-0.1, -0.05) is 30.3 Å². The fourth-order valence-corrected chi connectivity index (χ4v) is 2.69. The molecule has 0 aliphatic carbocycles. The molecule has 25 heavy (non-hydrogen) atoms. The van der Waals surface area contributed by atoms with Crippen LogP contribution in [0.2, 0.25) is 0 Å². The molecule has 3 rings (SSSR count). The van der Waals surface area contributed by atoms with Crippen LogP contribution in [0.5, 0.6) is 0 Å². The number of anilines is 1. The third-order valence-electron chi connectivity index (χ3n) is 4.12. The molecule has 7 heteroatoms. The Morgan fingerprint density at radius 2 is 2.04 bits per heavy atom. The summed E-state index contributed by atoms with van der Waals surface area (Å²) in [6.45, 7) is 1.26. The lowest BCUT2D eigenvalue weighted by molar-refractivity contribution is 0.0999. The first-order valence-corrected chi connectivity index (χ1v) is 7.93. The maximum absolute atomic E-state index is 11.8. The number of nitrogens with one attached hydrogen (secondary N) is 1. The molecule has 0 saturated heterocycles. The van der Waals surface area contributed by atoms with Crippen molar-refractivity contribution >= 4 is 17.1 Å². The molecule has 130 valence electrons. The zero-order valence-electron chi connectivity index (χ0n) is 13.8. The number of rotatable bonds is 6. The average Bonchev–Trinajstić information content (AvgIpc) is 3.04. The molecule has 5 N–H and O–H groups in total. The minimum atomic E-state index is -0.817. The molecule has 0 spiro atoms. The zero-order valence-corrected chi connectivity index (χ0v) is 13.8. The lowest BCUT2D eigenvalue weighted by Gasteiger charge is -2.22. The normalized spacial score (nSPS) is 13.6. The molecule has 3 aromatic rings. The number of nitrogens with two attached hydrogens (primary N) is 1. The van der Waals surface area contributed by atoms with E-state index in [1.54, 1.807) is 11.4 Å². The summed E-state index contributed by atoms with van der Waals surface area (Å²) in [6.07, 6.45) is 2.40. The van der Waals surface area contributed by atoms with Crippen LogP contribution in [0.1, 0.15) is 17.3 Å². The van der Waals surface area contributed by atoms with Crippen LogP contribution in [-0.2, 0) is 0 Å². The van der Waals surface area contributed by atoms with Crippen molar-refractivity contribution in [1.82, 2.24) is 9.61 Å². The minimum absolute atomic E-state index is 0.198. The SMILES string of the molecule is C[C@@H](O)[C@H](CO)Nc1c(C(N)=O)cnn2cc(-c3ccccc3)cc12. The van der Waals surface area contributed by atoms with Gasteiger partial charge in [0.25, 0.3) is 5.91 Å². The van der Waals surface area contributed by atoms with Crippen LogP contribution < -0.4 is 11.1 Å². The number of fused-ring (bicyclic) bond motifs is 1. The first kappa shape index (κ1) is 16.9. The molecule has 7 nitrogen and oxygen atoms in total. The van der Waals surface area contributed by atoms with E-state index in [0.29, 0.717) is 11.2 Å². The molecule has 2 atom stereocenters. The summed E-state index contributed by atoms with van der Waals surface area (Å²) < 4.78 is 1.63. The van der Waals surface area contributed by atoms with E-state index < -0.39 is 18.1 Å². The first-order valence-electron chi connectivity index (χ1n) is 7.93. The summed E-state index contributed by atoms with van der Waals surface area (Å²) in [5.41, 5.74) is 8.66. The summed E-state index contributed by atoms with van der Waals surface area (Å²) in [5.74, 6) is -0.637. The fourth-order valence-electron chi connectivity index (χ4n) is 2.69. The molecule has 0 aliphatic rings. The number of aliphatic hydroxyl groups is 2. The average molecular weight is 340 g/mol. The van der Waals surface area contributed by atoms with E-state index in [1.165, 1.54) is 6.20 Å². The van der Waals surface area contributed by atoms with Gasteiger partial charge in [0.05, 0.1) is 41.7 Å². The molecule has 0 radical (unpaired) electrons. The second kappa shape index (κ2) is 6.92. The smallest absolute Gasteiger partial charge is 0.252 e. The molecule has 0 saturated carbocycles. The van der Waals surface area contributed by atoms with Crippen LogP contribution in [0.4, 0.5) is 5.69 Å². The Hall–Kier alpha value is -2.90. The molecule has 0 bridgehead atoms. The maximum Gasteiger partial charge on any atom is 0.252 e. The lowest BCUT2D eigenvalue weighted by Crippen LogP contribution is -2.35. The van der Waals surface area contributed by atoms with Crippen molar-refractivity contribution in [2.24, 2.45) is 5.73 Å². The van der Waals surface area contributed by atoms with Gasteiger partial charge in [-0.25, -0.2) is 4.52 Å². The second-order valence-corrected chi connectivity index (χ2v) is 5.90. The third-order valence-corrected chi connectivity index (χ3v) is 4.12. The molecule has 0 unspecified atom stereocenters. The maximum atomic E-state index is 11.8. The van der Waals surface area contributed by atoms with E-state index in [0.717, 1.165) is 11.1 Å². The van der Waals surface area contributed by atoms with Crippen LogP contribution in [0, 0.1) is 0 Å². The molecule has 1 aromatic carbocycles. The van der Waals surface area contributed by atoms with Gasteiger partial charge in [0.15, 0.2) is 0 Å². The molecular weight excluding hydrogens is 320 g/mol. The fraction of sp³-hybridized carbons (Fsp3) is 0.222. The number of hydrogen-bond donors (Lipinski definition) is 4. The van der Waals surface area contributed by atoms with E-state index in [-0.39, 0.29) is 12.2 Å². The monoisotopic (exact) mass is 340 g/mol. The Kier molecular flexibility index (Phi) is 4.69. The summed E-state index contributed by atoms with van der Waals surface area (Å²) in [7, 11) is 0. The first-order chi connectivity index (χ1) is 12.0. The van der Waals surface area contributed by atoms with Gasteiger partial charge in [0.2, 0.25) is 0 Å². The molecule has 0 aliphatic heterocycles. The standard InChI is InChI=1S/C18H20N4O3/c1-11(24)15(10-23)21-17-14(18(19)25)8-20-22-9-13(7-16(17)22)12-5-3-2-4-6-12/h2-9,11,15,21,23-24H,10H2,1H3,(H2,19,25)/t11-,15+/m1/s1. The lowest BCUT2D eigenvalue weighted by atomic mass is 10.1. The van der Waals surface area contributed by atoms with Crippen molar-refractivity contribution in [2.75, 3.05) is 11.9 Å². The van der Waals surface area contributed by atoms with Gasteiger partial charge in [-0.3, -0.25) is 4.79 Å². The van der Waals surface area contributed by atoms with Crippen molar-refractivity contribution in [3.05, 3.63) is 54.4 Å². The summed E-state index contributed by atoms with van der Waals surface area (Å²) in [5, 5.41) is 26.5.